The molecule has 1 aromatic heterocycles. The van der Waals surface area contributed by atoms with Gasteiger partial charge in [-0.05, 0) is 43.0 Å². The number of aromatic carboxylic acids is 1. The van der Waals surface area contributed by atoms with E-state index in [1.807, 2.05) is 6.07 Å². The zero-order chi connectivity index (χ0) is 18.7. The van der Waals surface area contributed by atoms with Crippen LogP contribution in [0.1, 0.15) is 42.5 Å². The van der Waals surface area contributed by atoms with Crippen LogP contribution >= 0.6 is 11.3 Å². The largest absolute Gasteiger partial charge is 0.493 e. The molecule has 0 aliphatic heterocycles. The van der Waals surface area contributed by atoms with Crippen LogP contribution in [0.25, 0.3) is 0 Å². The van der Waals surface area contributed by atoms with Crippen molar-refractivity contribution in [2.24, 2.45) is 5.10 Å². The summed E-state index contributed by atoms with van der Waals surface area (Å²) in [6.45, 7) is 0. The summed E-state index contributed by atoms with van der Waals surface area (Å²) in [6.07, 6.45) is 4.45. The fourth-order valence-electron chi connectivity index (χ4n) is 2.93. The predicted octanol–water partition coefficient (Wildman–Crippen LogP) is 2.72. The number of rotatable bonds is 6. The minimum absolute atomic E-state index is 0.0834. The van der Waals surface area contributed by atoms with Gasteiger partial charge >= 0.3 is 5.97 Å². The first-order valence-corrected chi connectivity index (χ1v) is 8.80. The number of hydrazone groups is 1. The molecule has 0 unspecified atom stereocenters. The molecule has 136 valence electrons. The van der Waals surface area contributed by atoms with Crippen molar-refractivity contribution >= 4 is 29.4 Å². The number of methoxy groups -OCH3 is 2. The van der Waals surface area contributed by atoms with Crippen LogP contribution in [0.4, 0.5) is 0 Å². The number of nitrogens with zero attached hydrogens (tertiary/aromatic N) is 1. The molecule has 3 rings (SSSR count). The van der Waals surface area contributed by atoms with Crippen LogP contribution in [0.15, 0.2) is 23.3 Å². The zero-order valence-corrected chi connectivity index (χ0v) is 15.2. The lowest BCUT2D eigenvalue weighted by molar-refractivity contribution is 0.0692. The second-order valence-corrected chi connectivity index (χ2v) is 6.82. The monoisotopic (exact) mass is 374 g/mol. The van der Waals surface area contributed by atoms with E-state index in [4.69, 9.17) is 9.47 Å². The molecule has 0 fully saturated rings. The lowest BCUT2D eigenvalue weighted by Gasteiger charge is -2.12. The lowest BCUT2D eigenvalue weighted by Crippen LogP contribution is -2.16. The fraction of sp³-hybridized carbons (Fsp3) is 0.278. The summed E-state index contributed by atoms with van der Waals surface area (Å²) in [6, 6.07) is 5.02. The summed E-state index contributed by atoms with van der Waals surface area (Å²) in [5.74, 6) is -1.08. The third-order valence-electron chi connectivity index (χ3n) is 4.13. The molecule has 0 bridgehead atoms. The maximum atomic E-state index is 12.2. The molecule has 1 aliphatic rings. The van der Waals surface area contributed by atoms with E-state index in [0.29, 0.717) is 16.2 Å². The number of carbonyl (C=O) groups excluding carboxylic acids is 1. The Morgan fingerprint density at radius 1 is 1.27 bits per heavy atom. The van der Waals surface area contributed by atoms with E-state index in [2.05, 4.69) is 10.5 Å². The van der Waals surface area contributed by atoms with E-state index in [1.54, 1.807) is 12.1 Å². The molecule has 0 atom stereocenters. The number of ether oxygens (including phenoxy) is 2. The van der Waals surface area contributed by atoms with Crippen LogP contribution in [0.3, 0.4) is 0 Å². The van der Waals surface area contributed by atoms with Gasteiger partial charge in [-0.1, -0.05) is 0 Å². The highest BCUT2D eigenvalue weighted by atomic mass is 32.1. The summed E-state index contributed by atoms with van der Waals surface area (Å²) in [5.41, 5.74) is 3.89. The quantitative estimate of drug-likeness (QED) is 0.598. The maximum absolute atomic E-state index is 12.2. The number of fused-ring (bicyclic) bond motifs is 1. The van der Waals surface area contributed by atoms with Crippen molar-refractivity contribution in [3.05, 3.63) is 44.6 Å². The van der Waals surface area contributed by atoms with Crippen LogP contribution in [0, 0.1) is 0 Å². The van der Waals surface area contributed by atoms with Gasteiger partial charge in [0.15, 0.2) is 11.5 Å². The fourth-order valence-corrected chi connectivity index (χ4v) is 4.07. The van der Waals surface area contributed by atoms with Gasteiger partial charge < -0.3 is 14.6 Å². The highest BCUT2D eigenvalue weighted by Crippen LogP contribution is 2.33. The Balaban J connectivity index is 1.79. The second kappa shape index (κ2) is 7.57. The summed E-state index contributed by atoms with van der Waals surface area (Å²) in [5, 5.41) is 13.4. The summed E-state index contributed by atoms with van der Waals surface area (Å²) in [4.78, 5) is 25.7. The van der Waals surface area contributed by atoms with Crippen molar-refractivity contribution in [1.82, 2.24) is 5.43 Å². The van der Waals surface area contributed by atoms with E-state index in [9.17, 15) is 14.7 Å². The van der Waals surface area contributed by atoms with Gasteiger partial charge in [0.05, 0.1) is 25.3 Å². The molecule has 0 saturated heterocycles. The molecule has 0 radical (unpaired) electrons. The number of hydrogen-bond acceptors (Lipinski definition) is 6. The molecule has 2 N–H and O–H groups in total. The van der Waals surface area contributed by atoms with Gasteiger partial charge in [0.25, 0.3) is 5.91 Å². The van der Waals surface area contributed by atoms with Crippen LogP contribution in [0.5, 0.6) is 11.5 Å². The number of nitrogens with one attached hydrogen (secondary N) is 1. The number of carboxylic acid groups (broad SMARTS) is 1. The van der Waals surface area contributed by atoms with Gasteiger partial charge in [-0.15, -0.1) is 11.3 Å². The maximum Gasteiger partial charge on any atom is 0.340 e. The SMILES string of the molecule is COc1ccc(/C=N\NC(=O)c2cc3c(s2)CCC3)c(C(=O)O)c1OC. The number of benzene rings is 1. The number of amides is 1. The highest BCUT2D eigenvalue weighted by Gasteiger charge is 2.21. The van der Waals surface area contributed by atoms with E-state index in [1.165, 1.54) is 42.2 Å². The van der Waals surface area contributed by atoms with Crippen LogP contribution < -0.4 is 14.9 Å². The first-order valence-electron chi connectivity index (χ1n) is 7.98. The topological polar surface area (TPSA) is 97.2 Å². The lowest BCUT2D eigenvalue weighted by atomic mass is 10.1. The Bertz CT molecular complexity index is 866. The van der Waals surface area contributed by atoms with Gasteiger partial charge in [0.1, 0.15) is 5.56 Å². The molecule has 1 heterocycles. The molecule has 1 amide bonds. The first-order chi connectivity index (χ1) is 12.5. The highest BCUT2D eigenvalue weighted by molar-refractivity contribution is 7.14. The molecule has 26 heavy (non-hydrogen) atoms. The minimum atomic E-state index is -1.18. The van der Waals surface area contributed by atoms with Gasteiger partial charge in [-0.25, -0.2) is 10.2 Å². The zero-order valence-electron chi connectivity index (χ0n) is 14.4. The van der Waals surface area contributed by atoms with Crippen molar-refractivity contribution < 1.29 is 24.2 Å². The minimum Gasteiger partial charge on any atom is -0.493 e. The van der Waals surface area contributed by atoms with E-state index >= 15 is 0 Å². The summed E-state index contributed by atoms with van der Waals surface area (Å²) in [7, 11) is 2.79. The standard InChI is InChI=1S/C18H18N2O5S/c1-24-12-7-6-11(15(18(22)23)16(12)25-2)9-19-20-17(21)14-8-10-4-3-5-13(10)26-14/h6-9H,3-5H2,1-2H3,(H,20,21)(H,22,23)/b19-9-. The van der Waals surface area contributed by atoms with Crippen molar-refractivity contribution in [2.75, 3.05) is 14.2 Å². The predicted molar refractivity (Wildman–Crippen MR) is 97.9 cm³/mol. The van der Waals surface area contributed by atoms with Gasteiger partial charge in [-0.2, -0.15) is 5.10 Å². The van der Waals surface area contributed by atoms with E-state index < -0.39 is 5.97 Å². The third kappa shape index (κ3) is 3.41. The third-order valence-corrected chi connectivity index (χ3v) is 5.37. The Hall–Kier alpha value is -2.87. The number of thiophene rings is 1. The van der Waals surface area contributed by atoms with Crippen LogP contribution in [0.2, 0.25) is 0 Å². The molecular weight excluding hydrogens is 356 g/mol. The average molecular weight is 374 g/mol. The van der Waals surface area contributed by atoms with E-state index in [0.717, 1.165) is 19.3 Å². The molecule has 1 aliphatic carbocycles. The van der Waals surface area contributed by atoms with Gasteiger partial charge in [0, 0.05) is 10.4 Å². The molecule has 0 spiro atoms. The van der Waals surface area contributed by atoms with E-state index in [-0.39, 0.29) is 17.2 Å². The molecule has 2 aromatic rings. The smallest absolute Gasteiger partial charge is 0.340 e. The Kier molecular flexibility index (Phi) is 5.22. The molecule has 7 nitrogen and oxygen atoms in total. The number of carbonyl (C=O) groups is 2. The van der Waals surface area contributed by atoms with Crippen LogP contribution in [-0.4, -0.2) is 37.4 Å². The number of aryl methyl sites for hydroxylation is 2. The second-order valence-electron chi connectivity index (χ2n) is 5.68. The Labute approximate surface area is 154 Å². The molecule has 8 heteroatoms. The summed E-state index contributed by atoms with van der Waals surface area (Å²) < 4.78 is 10.3. The van der Waals surface area contributed by atoms with Gasteiger partial charge in [-0.3, -0.25) is 4.79 Å². The van der Waals surface area contributed by atoms with Crippen LogP contribution in [-0.2, 0) is 12.8 Å². The Morgan fingerprint density at radius 2 is 2.08 bits per heavy atom. The Morgan fingerprint density at radius 3 is 2.73 bits per heavy atom. The number of carboxylic acids is 1. The summed E-state index contributed by atoms with van der Waals surface area (Å²) >= 11 is 1.48. The molecule has 1 aromatic carbocycles. The average Bonchev–Trinajstić information content (AvgIpc) is 3.22. The normalized spacial score (nSPS) is 12.8. The van der Waals surface area contributed by atoms with Crippen molar-refractivity contribution in [3.63, 3.8) is 0 Å². The first kappa shape index (κ1) is 17.9. The number of hydrogen-bond donors (Lipinski definition) is 2. The van der Waals surface area contributed by atoms with Crippen molar-refractivity contribution in [2.45, 2.75) is 19.3 Å². The molecule has 0 saturated carbocycles. The molecular formula is C18H18N2O5S. The van der Waals surface area contributed by atoms with Crippen molar-refractivity contribution in [3.8, 4) is 11.5 Å². The van der Waals surface area contributed by atoms with Crippen molar-refractivity contribution in [1.29, 1.82) is 0 Å². The van der Waals surface area contributed by atoms with Gasteiger partial charge in [0.2, 0.25) is 0 Å².